The van der Waals surface area contributed by atoms with Gasteiger partial charge in [0.15, 0.2) is 28.8 Å². The Morgan fingerprint density at radius 2 is 1.06 bits per heavy atom. The van der Waals surface area contributed by atoms with E-state index in [0.29, 0.717) is 37.6 Å². The third kappa shape index (κ3) is 7.25. The van der Waals surface area contributed by atoms with Crippen LogP contribution in [0, 0.1) is 63.2 Å². The van der Waals surface area contributed by atoms with Gasteiger partial charge in [-0.25, -0.2) is 0 Å². The molecule has 3 aromatic carbocycles. The Hall–Kier alpha value is -4.13. The second-order valence-corrected chi connectivity index (χ2v) is 14.4. The van der Waals surface area contributed by atoms with Crippen LogP contribution in [0.5, 0.6) is 23.0 Å². The Bertz CT molecular complexity index is 2320. The molecular formula is C41H32EuN2O6S2. The van der Waals surface area contributed by atoms with Gasteiger partial charge in [0.1, 0.15) is 32.2 Å². The summed E-state index contributed by atoms with van der Waals surface area (Å²) in [5.41, 5.74) is 5.03. The van der Waals surface area contributed by atoms with E-state index in [0.717, 1.165) is 75.4 Å². The third-order valence-electron chi connectivity index (χ3n) is 8.55. The SMILES string of the molecule is Cc1sc(-c2cnc3c(ccc4cc(-c5sc(C)c6c5OCCO6)cnc43)c2)c2c1OCCO2.O=C(/C=C(\O)c1ccccc1)c1ccccc1.[Eu]. The zero-order chi connectivity index (χ0) is 34.9. The predicted octanol–water partition coefficient (Wildman–Crippen LogP) is 9.87. The maximum absolute atomic E-state index is 11.8. The van der Waals surface area contributed by atoms with Gasteiger partial charge in [-0.1, -0.05) is 72.8 Å². The number of aryl methyl sites for hydroxylation is 2. The molecule has 261 valence electrons. The van der Waals surface area contributed by atoms with Gasteiger partial charge >= 0.3 is 0 Å². The first kappa shape index (κ1) is 36.2. The van der Waals surface area contributed by atoms with E-state index in [2.05, 4.69) is 38.1 Å². The molecule has 0 atom stereocenters. The molecule has 0 saturated carbocycles. The molecule has 1 N–H and O–H groups in total. The molecule has 0 aliphatic carbocycles. The van der Waals surface area contributed by atoms with Crippen LogP contribution >= 0.6 is 22.7 Å². The summed E-state index contributed by atoms with van der Waals surface area (Å²) in [5.74, 6) is 3.17. The smallest absolute Gasteiger partial charge is 0.189 e. The Labute approximate surface area is 349 Å². The quantitative estimate of drug-likeness (QED) is 0.0791. The van der Waals surface area contributed by atoms with Crippen molar-refractivity contribution < 1.29 is 78.2 Å². The van der Waals surface area contributed by atoms with Gasteiger partial charge in [0.25, 0.3) is 0 Å². The maximum Gasteiger partial charge on any atom is 0.189 e. The van der Waals surface area contributed by atoms with Gasteiger partial charge in [-0.3, -0.25) is 14.8 Å². The summed E-state index contributed by atoms with van der Waals surface area (Å²) in [6.07, 6.45) is 5.06. The molecule has 4 aromatic heterocycles. The van der Waals surface area contributed by atoms with E-state index < -0.39 is 0 Å². The molecule has 0 amide bonds. The van der Waals surface area contributed by atoms with Gasteiger partial charge in [-0.15, -0.1) is 22.7 Å². The molecule has 11 heteroatoms. The molecule has 8 nitrogen and oxygen atoms in total. The van der Waals surface area contributed by atoms with Gasteiger partial charge in [0, 0.05) is 111 Å². The monoisotopic (exact) mass is 865 g/mol. The van der Waals surface area contributed by atoms with Crippen LogP contribution in [-0.2, 0) is 0 Å². The Morgan fingerprint density at radius 1 is 0.635 bits per heavy atom. The van der Waals surface area contributed by atoms with Gasteiger partial charge in [0.05, 0.1) is 20.8 Å². The average Bonchev–Trinajstić information content (AvgIpc) is 3.71. The minimum Gasteiger partial charge on any atom is -0.507 e. The van der Waals surface area contributed by atoms with Crippen LogP contribution in [0.15, 0.2) is 103 Å². The first-order valence-electron chi connectivity index (χ1n) is 16.5. The number of aliphatic hydroxyl groups excluding tert-OH is 1. The van der Waals surface area contributed by atoms with Gasteiger partial charge < -0.3 is 24.1 Å². The van der Waals surface area contributed by atoms with Crippen LogP contribution in [0.3, 0.4) is 0 Å². The fraction of sp³-hybridized carbons (Fsp3) is 0.146. The van der Waals surface area contributed by atoms with Gasteiger partial charge in [-0.2, -0.15) is 0 Å². The number of ether oxygens (including phenoxy) is 4. The van der Waals surface area contributed by atoms with Crippen LogP contribution in [0.1, 0.15) is 25.7 Å². The summed E-state index contributed by atoms with van der Waals surface area (Å²) in [5, 5.41) is 11.9. The van der Waals surface area contributed by atoms with E-state index in [1.807, 2.05) is 36.7 Å². The minimum atomic E-state index is -0.202. The Kier molecular flexibility index (Phi) is 11.1. The molecule has 0 bridgehead atoms. The van der Waals surface area contributed by atoms with Crippen molar-refractivity contribution >= 4 is 56.0 Å². The van der Waals surface area contributed by atoms with Crippen molar-refractivity contribution in [3.63, 3.8) is 0 Å². The number of benzene rings is 3. The standard InChI is InChI=1S/C26H20N2O4S2.C15H12O2.Eu/c1-13-21-23(31-7-5-29-21)25(33-13)17-9-15-3-4-16-10-18(12-28-20(16)19(15)27-11-17)26-24-22(14(2)34-26)30-6-8-32-24;16-14(12-7-3-1-4-8-12)11-15(17)13-9-5-2-6-10-13;/h3-4,9-12H,5-8H2,1-2H3;1-11,16H;/b;14-11-;. The summed E-state index contributed by atoms with van der Waals surface area (Å²) < 4.78 is 23.5. The topological polar surface area (TPSA) is 100 Å². The van der Waals surface area contributed by atoms with Crippen molar-refractivity contribution in [2.24, 2.45) is 0 Å². The van der Waals surface area contributed by atoms with Crippen LogP contribution in [0.25, 0.3) is 48.4 Å². The van der Waals surface area contributed by atoms with Crippen molar-refractivity contribution in [2.45, 2.75) is 13.8 Å². The van der Waals surface area contributed by atoms with Crippen LogP contribution < -0.4 is 18.9 Å². The number of carbonyl (C=O) groups is 1. The van der Waals surface area contributed by atoms with Crippen LogP contribution in [0.4, 0.5) is 0 Å². The number of ketones is 1. The fourth-order valence-electron chi connectivity index (χ4n) is 6.11. The molecule has 0 unspecified atom stereocenters. The summed E-state index contributed by atoms with van der Waals surface area (Å²) in [4.78, 5) is 25.8. The largest absolute Gasteiger partial charge is 0.507 e. The number of pyridine rings is 2. The van der Waals surface area contributed by atoms with E-state index in [1.54, 1.807) is 59.1 Å². The predicted molar refractivity (Wildman–Crippen MR) is 203 cm³/mol. The second-order valence-electron chi connectivity index (χ2n) is 12.0. The van der Waals surface area contributed by atoms with Gasteiger partial charge in [0.2, 0.25) is 0 Å². The molecule has 2 aliphatic heterocycles. The molecule has 0 fully saturated rings. The molecule has 1 radical (unpaired) electrons. The molecule has 7 aromatic rings. The number of fused-ring (bicyclic) bond motifs is 5. The summed E-state index contributed by atoms with van der Waals surface area (Å²) in [6, 6.07) is 26.4. The van der Waals surface area contributed by atoms with Crippen molar-refractivity contribution in [3.8, 4) is 43.9 Å². The Morgan fingerprint density at radius 3 is 1.52 bits per heavy atom. The summed E-state index contributed by atoms with van der Waals surface area (Å²) in [6.45, 7) is 6.44. The zero-order valence-electron chi connectivity index (χ0n) is 28.2. The normalized spacial score (nSPS) is 13.2. The van der Waals surface area contributed by atoms with E-state index >= 15 is 0 Å². The van der Waals surface area contributed by atoms with Crippen molar-refractivity contribution in [2.75, 3.05) is 26.4 Å². The molecule has 0 spiro atoms. The van der Waals surface area contributed by atoms with Crippen molar-refractivity contribution in [1.29, 1.82) is 0 Å². The number of thiophene rings is 2. The number of allylic oxidation sites excluding steroid dienone is 1. The van der Waals surface area contributed by atoms with Crippen LogP contribution in [-0.4, -0.2) is 47.3 Å². The molecule has 6 heterocycles. The molecule has 9 rings (SSSR count). The number of carbonyl (C=O) groups excluding carboxylic acids is 1. The molecule has 52 heavy (non-hydrogen) atoms. The molecule has 2 aliphatic rings. The first-order chi connectivity index (χ1) is 24.9. The molecule has 0 saturated heterocycles. The number of aliphatic hydroxyl groups is 1. The summed E-state index contributed by atoms with van der Waals surface area (Å²) in [7, 11) is 0. The number of hydrogen-bond acceptors (Lipinski definition) is 10. The minimum absolute atomic E-state index is 0. The van der Waals surface area contributed by atoms with E-state index in [9.17, 15) is 9.90 Å². The van der Waals surface area contributed by atoms with Crippen LogP contribution in [0.2, 0.25) is 0 Å². The van der Waals surface area contributed by atoms with Gasteiger partial charge in [-0.05, 0) is 26.0 Å². The zero-order valence-corrected chi connectivity index (χ0v) is 32.3. The number of hydrogen-bond donors (Lipinski definition) is 1. The fourth-order valence-corrected chi connectivity index (χ4v) is 8.16. The number of aromatic nitrogens is 2. The van der Waals surface area contributed by atoms with E-state index in [-0.39, 0.29) is 60.9 Å². The van der Waals surface area contributed by atoms with E-state index in [1.165, 1.54) is 6.08 Å². The van der Waals surface area contributed by atoms with Crippen molar-refractivity contribution in [1.82, 2.24) is 9.97 Å². The summed E-state index contributed by atoms with van der Waals surface area (Å²) >= 11 is 3.36. The Balaban J connectivity index is 0.000000198. The number of rotatable bonds is 5. The maximum atomic E-state index is 11.8. The average molecular weight is 865 g/mol. The van der Waals surface area contributed by atoms with E-state index in [4.69, 9.17) is 28.9 Å². The number of nitrogens with zero attached hydrogens (tertiary/aromatic N) is 2. The third-order valence-corrected chi connectivity index (χ3v) is 10.8. The molecular weight excluding hydrogens is 833 g/mol. The first-order valence-corrected chi connectivity index (χ1v) is 18.1. The van der Waals surface area contributed by atoms with Crippen molar-refractivity contribution in [3.05, 3.63) is 124 Å². The second kappa shape index (κ2) is 15.9.